The number of nitrogens with zero attached hydrogens (tertiary/aromatic N) is 3. The van der Waals surface area contributed by atoms with Crippen molar-refractivity contribution in [1.29, 1.82) is 0 Å². The van der Waals surface area contributed by atoms with Gasteiger partial charge in [-0.15, -0.1) is 0 Å². The molecule has 3 rings (SSSR count). The zero-order chi connectivity index (χ0) is 17.2. The summed E-state index contributed by atoms with van der Waals surface area (Å²) in [6, 6.07) is 3.92. The maximum absolute atomic E-state index is 12.7. The first-order valence-electron chi connectivity index (χ1n) is 8.90. The van der Waals surface area contributed by atoms with E-state index in [1.807, 2.05) is 12.1 Å². The molecule has 0 unspecified atom stereocenters. The van der Waals surface area contributed by atoms with Gasteiger partial charge in [0.2, 0.25) is 0 Å². The fourth-order valence-electron chi connectivity index (χ4n) is 3.77. The molecule has 1 aromatic heterocycles. The maximum atomic E-state index is 12.7. The summed E-state index contributed by atoms with van der Waals surface area (Å²) in [6.45, 7) is 7.20. The van der Waals surface area contributed by atoms with Gasteiger partial charge in [0.15, 0.2) is 0 Å². The van der Waals surface area contributed by atoms with Crippen molar-refractivity contribution in [2.45, 2.75) is 39.2 Å². The highest BCUT2D eigenvalue weighted by molar-refractivity contribution is 7.87. The summed E-state index contributed by atoms with van der Waals surface area (Å²) >= 11 is 0. The van der Waals surface area contributed by atoms with Gasteiger partial charge in [0.05, 0.1) is 0 Å². The van der Waals surface area contributed by atoms with Gasteiger partial charge in [-0.25, -0.2) is 0 Å². The third kappa shape index (κ3) is 3.90. The largest absolute Gasteiger partial charge is 0.369 e. The highest BCUT2D eigenvalue weighted by Gasteiger charge is 2.38. The van der Waals surface area contributed by atoms with Gasteiger partial charge in [-0.2, -0.15) is 17.4 Å². The first-order valence-corrected chi connectivity index (χ1v) is 10.3. The molecule has 1 aromatic rings. The molecule has 2 saturated heterocycles. The van der Waals surface area contributed by atoms with Gasteiger partial charge in [-0.1, -0.05) is 20.3 Å². The second kappa shape index (κ2) is 7.37. The maximum Gasteiger partial charge on any atom is 0.279 e. The minimum atomic E-state index is -3.39. The molecule has 6 nitrogen and oxygen atoms in total. The molecule has 0 spiro atoms. The lowest BCUT2D eigenvalue weighted by Crippen LogP contribution is -2.50. The third-order valence-corrected chi connectivity index (χ3v) is 6.85. The van der Waals surface area contributed by atoms with Gasteiger partial charge < -0.3 is 4.90 Å². The molecule has 0 aliphatic carbocycles. The average Bonchev–Trinajstić information content (AvgIpc) is 3.00. The summed E-state index contributed by atoms with van der Waals surface area (Å²) in [7, 11) is -3.39. The number of rotatable bonds is 5. The molecule has 2 aliphatic heterocycles. The summed E-state index contributed by atoms with van der Waals surface area (Å²) in [4.78, 5) is 6.33. The standard InChI is InChI=1S/C17H28N4O2S/c1-14(2)16-12-20(15-6-8-18-9-7-15)13-17(16)19-24(22,23)21-10-4-3-5-11-21/h6-9,14,16-17,19H,3-5,10-13H2,1-2H3/t16-,17+/m1/s1. The van der Waals surface area contributed by atoms with Gasteiger partial charge in [-0.3, -0.25) is 4.98 Å². The van der Waals surface area contributed by atoms with Gasteiger partial charge in [-0.05, 0) is 36.8 Å². The van der Waals surface area contributed by atoms with Gasteiger partial charge in [0.1, 0.15) is 0 Å². The Morgan fingerprint density at radius 1 is 1.12 bits per heavy atom. The van der Waals surface area contributed by atoms with Crippen LogP contribution in [-0.2, 0) is 10.2 Å². The van der Waals surface area contributed by atoms with Crippen LogP contribution in [0.2, 0.25) is 0 Å². The van der Waals surface area contributed by atoms with Crippen LogP contribution in [-0.4, -0.2) is 49.9 Å². The van der Waals surface area contributed by atoms with Crippen LogP contribution in [0.1, 0.15) is 33.1 Å². The molecule has 0 saturated carbocycles. The summed E-state index contributed by atoms with van der Waals surface area (Å²) in [6.07, 6.45) is 6.61. The summed E-state index contributed by atoms with van der Waals surface area (Å²) in [5.41, 5.74) is 1.11. The molecule has 2 fully saturated rings. The molecule has 3 heterocycles. The smallest absolute Gasteiger partial charge is 0.279 e. The molecular formula is C17H28N4O2S. The highest BCUT2D eigenvalue weighted by atomic mass is 32.2. The predicted octanol–water partition coefficient (Wildman–Crippen LogP) is 1.86. The summed E-state index contributed by atoms with van der Waals surface area (Å²) in [5, 5.41) is 0. The van der Waals surface area contributed by atoms with E-state index in [0.717, 1.165) is 31.5 Å². The number of pyridine rings is 1. The Morgan fingerprint density at radius 2 is 1.79 bits per heavy atom. The second-order valence-electron chi connectivity index (χ2n) is 7.21. The highest BCUT2D eigenvalue weighted by Crippen LogP contribution is 2.29. The quantitative estimate of drug-likeness (QED) is 0.878. The summed E-state index contributed by atoms with van der Waals surface area (Å²) in [5.74, 6) is 0.726. The van der Waals surface area contributed by atoms with Crippen molar-refractivity contribution in [2.24, 2.45) is 11.8 Å². The van der Waals surface area contributed by atoms with Crippen molar-refractivity contribution >= 4 is 15.9 Å². The van der Waals surface area contributed by atoms with Gasteiger partial charge >= 0.3 is 0 Å². The Balaban J connectivity index is 1.73. The monoisotopic (exact) mass is 352 g/mol. The van der Waals surface area contributed by atoms with Crippen molar-refractivity contribution in [3.8, 4) is 0 Å². The van der Waals surface area contributed by atoms with Crippen LogP contribution >= 0.6 is 0 Å². The van der Waals surface area contributed by atoms with Gasteiger partial charge in [0.25, 0.3) is 10.2 Å². The van der Waals surface area contributed by atoms with Crippen molar-refractivity contribution in [3.05, 3.63) is 24.5 Å². The molecule has 7 heteroatoms. The van der Waals surface area contributed by atoms with Crippen molar-refractivity contribution < 1.29 is 8.42 Å². The number of anilines is 1. The summed E-state index contributed by atoms with van der Waals surface area (Å²) < 4.78 is 30.1. The Kier molecular flexibility index (Phi) is 5.42. The molecule has 24 heavy (non-hydrogen) atoms. The van der Waals surface area contributed by atoms with Crippen LogP contribution in [0.15, 0.2) is 24.5 Å². The molecule has 0 amide bonds. The fourth-order valence-corrected chi connectivity index (χ4v) is 5.29. The minimum Gasteiger partial charge on any atom is -0.369 e. The Bertz CT molecular complexity index is 629. The zero-order valence-electron chi connectivity index (χ0n) is 14.6. The molecular weight excluding hydrogens is 324 g/mol. The lowest BCUT2D eigenvalue weighted by Gasteiger charge is -2.29. The first kappa shape index (κ1) is 17.6. The van der Waals surface area contributed by atoms with E-state index in [2.05, 4.69) is 28.5 Å². The van der Waals surface area contributed by atoms with E-state index in [9.17, 15) is 8.42 Å². The van der Waals surface area contributed by atoms with Crippen LogP contribution in [0, 0.1) is 11.8 Å². The molecule has 134 valence electrons. The molecule has 1 N–H and O–H groups in total. The topological polar surface area (TPSA) is 65.5 Å². The van der Waals surface area contributed by atoms with E-state index >= 15 is 0 Å². The van der Waals surface area contributed by atoms with Crippen LogP contribution in [0.3, 0.4) is 0 Å². The van der Waals surface area contributed by atoms with Crippen LogP contribution < -0.4 is 9.62 Å². The van der Waals surface area contributed by atoms with Gasteiger partial charge in [0, 0.05) is 50.3 Å². The number of aromatic nitrogens is 1. The van der Waals surface area contributed by atoms with Crippen LogP contribution in [0.5, 0.6) is 0 Å². The molecule has 0 aromatic carbocycles. The van der Waals surface area contributed by atoms with E-state index in [0.29, 0.717) is 31.5 Å². The number of hydrogen-bond donors (Lipinski definition) is 1. The Labute approximate surface area is 145 Å². The third-order valence-electron chi connectivity index (χ3n) is 5.20. The lowest BCUT2D eigenvalue weighted by atomic mass is 9.92. The molecule has 0 bridgehead atoms. The van der Waals surface area contributed by atoms with E-state index in [4.69, 9.17) is 0 Å². The molecule has 2 aliphatic rings. The molecule has 0 radical (unpaired) electrons. The number of piperidine rings is 1. The number of nitrogens with one attached hydrogen (secondary N) is 1. The Hall–Kier alpha value is -1.18. The van der Waals surface area contributed by atoms with E-state index in [-0.39, 0.29) is 6.04 Å². The van der Waals surface area contributed by atoms with Crippen molar-refractivity contribution in [2.75, 3.05) is 31.1 Å². The number of hydrogen-bond acceptors (Lipinski definition) is 4. The van der Waals surface area contributed by atoms with E-state index in [1.165, 1.54) is 0 Å². The zero-order valence-corrected chi connectivity index (χ0v) is 15.4. The Morgan fingerprint density at radius 3 is 2.42 bits per heavy atom. The van der Waals surface area contributed by atoms with E-state index in [1.54, 1.807) is 16.7 Å². The van der Waals surface area contributed by atoms with E-state index < -0.39 is 10.2 Å². The normalized spacial score (nSPS) is 26.2. The lowest BCUT2D eigenvalue weighted by molar-refractivity contribution is 0.322. The minimum absolute atomic E-state index is 0.0508. The molecule has 2 atom stereocenters. The fraction of sp³-hybridized carbons (Fsp3) is 0.706. The average molecular weight is 353 g/mol. The SMILES string of the molecule is CC(C)[C@H]1CN(c2ccncc2)C[C@@H]1NS(=O)(=O)N1CCCCC1. The van der Waals surface area contributed by atoms with Crippen LogP contribution in [0.25, 0.3) is 0 Å². The van der Waals surface area contributed by atoms with Crippen molar-refractivity contribution in [1.82, 2.24) is 14.0 Å². The van der Waals surface area contributed by atoms with Crippen LogP contribution in [0.4, 0.5) is 5.69 Å². The predicted molar refractivity (Wildman–Crippen MR) is 96.0 cm³/mol. The van der Waals surface area contributed by atoms with Crippen molar-refractivity contribution in [3.63, 3.8) is 0 Å². The first-order chi connectivity index (χ1) is 11.5. The second-order valence-corrected chi connectivity index (χ2v) is 8.91.